The second-order valence-corrected chi connectivity index (χ2v) is 12.6. The second-order valence-electron chi connectivity index (χ2n) is 12.2. The molecule has 0 spiro atoms. The van der Waals surface area contributed by atoms with Gasteiger partial charge in [-0.3, -0.25) is 29.0 Å². The van der Waals surface area contributed by atoms with Crippen LogP contribution < -0.4 is 27.4 Å². The molecule has 0 bridgehead atoms. The molecule has 7 N–H and O–H groups in total. The van der Waals surface area contributed by atoms with E-state index in [0.29, 0.717) is 36.6 Å². The van der Waals surface area contributed by atoms with Gasteiger partial charge in [0.2, 0.25) is 0 Å². The van der Waals surface area contributed by atoms with Gasteiger partial charge in [-0.15, -0.1) is 0 Å². The van der Waals surface area contributed by atoms with Crippen molar-refractivity contribution < 1.29 is 23.9 Å². The van der Waals surface area contributed by atoms with Gasteiger partial charge in [0.15, 0.2) is 6.17 Å². The molecule has 3 rings (SSSR count). The normalized spacial score (nSPS) is 18.6. The summed E-state index contributed by atoms with van der Waals surface area (Å²) in [6.07, 6.45) is 4.35. The average Bonchev–Trinajstić information content (AvgIpc) is 3.88. The van der Waals surface area contributed by atoms with Gasteiger partial charge in [0.25, 0.3) is 17.7 Å². The lowest BCUT2D eigenvalue weighted by Gasteiger charge is -2.40. The Morgan fingerprint density at radius 1 is 1.15 bits per heavy atom. The molecular formula is C32H52ClN9O5. The van der Waals surface area contributed by atoms with Gasteiger partial charge in [-0.2, -0.15) is 0 Å². The molecule has 1 saturated carbocycles. The molecule has 3 amide bonds. The number of primary amides is 1. The molecule has 262 valence electrons. The summed E-state index contributed by atoms with van der Waals surface area (Å²) >= 11 is 5.93. The number of nitrogens with two attached hydrogens (primary N) is 2. The van der Waals surface area contributed by atoms with E-state index in [2.05, 4.69) is 39.7 Å². The molecule has 1 aromatic heterocycles. The van der Waals surface area contributed by atoms with Crippen molar-refractivity contribution >= 4 is 41.1 Å². The number of halogens is 1. The zero-order chi connectivity index (χ0) is 34.7. The first-order valence-corrected chi connectivity index (χ1v) is 16.8. The lowest BCUT2D eigenvalue weighted by atomic mass is 10.0. The number of likely N-dealkylation sites (N-methyl/N-ethyl adjacent to an activating group) is 2. The lowest BCUT2D eigenvalue weighted by Crippen LogP contribution is -2.57. The van der Waals surface area contributed by atoms with Crippen LogP contribution in [0.4, 0.5) is 5.82 Å². The van der Waals surface area contributed by atoms with E-state index < -0.39 is 18.0 Å². The molecule has 47 heavy (non-hydrogen) atoms. The Bertz CT molecular complexity index is 1290. The van der Waals surface area contributed by atoms with E-state index >= 15 is 0 Å². The first-order valence-electron chi connectivity index (χ1n) is 16.5. The van der Waals surface area contributed by atoms with Crippen molar-refractivity contribution in [1.29, 1.82) is 0 Å². The van der Waals surface area contributed by atoms with Crippen molar-refractivity contribution in [3.05, 3.63) is 34.2 Å². The Morgan fingerprint density at radius 2 is 1.87 bits per heavy atom. The van der Waals surface area contributed by atoms with Gasteiger partial charge >= 0.3 is 5.97 Å². The van der Waals surface area contributed by atoms with Crippen LogP contribution in [0.1, 0.15) is 76.1 Å². The number of carbonyl (C=O) groups excluding carboxylic acids is 4. The summed E-state index contributed by atoms with van der Waals surface area (Å²) in [4.78, 5) is 60.9. The number of methoxy groups -OCH3 is 1. The van der Waals surface area contributed by atoms with Crippen molar-refractivity contribution in [1.82, 2.24) is 35.6 Å². The number of esters is 1. The molecule has 14 nitrogen and oxygen atoms in total. The van der Waals surface area contributed by atoms with Gasteiger partial charge in [0, 0.05) is 44.3 Å². The standard InChI is InChI=1S/C32H52ClN9O5/c1-6-22(42(7-2)23-9-8-17-41(18-15-23)32(46)24-12-13-25(33)38-27(24)34)19-40(4)30(28(35)44)39-29(36-16-14-26(43)47-5)20(3)31(45)37-21-10-11-21/h12-13,21-23,30,36,39H,6-11,14-19H2,1-5H3,(H2,34,38)(H2,35,44)(H,37,45)/b29-20+. The number of hydrogen-bond donors (Lipinski definition) is 5. The Hall–Kier alpha value is -3.62. The van der Waals surface area contributed by atoms with Gasteiger partial charge < -0.3 is 37.1 Å². The molecule has 2 aliphatic rings. The van der Waals surface area contributed by atoms with Crippen LogP contribution in [0.15, 0.2) is 23.5 Å². The number of likely N-dealkylation sites (tertiary alicyclic amines) is 1. The first kappa shape index (κ1) is 37.8. The highest BCUT2D eigenvalue weighted by Crippen LogP contribution is 2.24. The van der Waals surface area contributed by atoms with Gasteiger partial charge in [-0.25, -0.2) is 4.98 Å². The number of hydrogen-bond acceptors (Lipinski definition) is 11. The van der Waals surface area contributed by atoms with E-state index in [1.54, 1.807) is 19.1 Å². The number of nitrogen functional groups attached to an aromatic ring is 1. The monoisotopic (exact) mass is 677 g/mol. The fourth-order valence-corrected chi connectivity index (χ4v) is 6.14. The van der Waals surface area contributed by atoms with Crippen molar-refractivity contribution in [2.75, 3.05) is 52.6 Å². The number of ether oxygens (including phenoxy) is 1. The van der Waals surface area contributed by atoms with Crippen LogP contribution in [0, 0.1) is 0 Å². The van der Waals surface area contributed by atoms with Crippen LogP contribution in [0.3, 0.4) is 0 Å². The SMILES string of the molecule is CCC(CN(C)C(N/C(NCCC(=O)OC)=C(\C)C(=O)NC1CC1)C(N)=O)N(CC)C1CCCN(C(=O)c2ccc(Cl)nc2N)CC1. The summed E-state index contributed by atoms with van der Waals surface area (Å²) in [5, 5.41) is 9.47. The van der Waals surface area contributed by atoms with Crippen LogP contribution in [0.25, 0.3) is 0 Å². The van der Waals surface area contributed by atoms with Gasteiger partial charge in [0.05, 0.1) is 24.7 Å². The highest BCUT2D eigenvalue weighted by Gasteiger charge is 2.32. The highest BCUT2D eigenvalue weighted by molar-refractivity contribution is 6.29. The second kappa shape index (κ2) is 18.1. The number of carbonyl (C=O) groups is 4. The minimum atomic E-state index is -0.937. The quantitative estimate of drug-likeness (QED) is 0.0694. The number of nitrogens with zero attached hydrogens (tertiary/aromatic N) is 4. The van der Waals surface area contributed by atoms with E-state index in [1.165, 1.54) is 7.11 Å². The Morgan fingerprint density at radius 3 is 2.47 bits per heavy atom. The summed E-state index contributed by atoms with van der Waals surface area (Å²) in [5.74, 6) is -0.960. The van der Waals surface area contributed by atoms with Crippen LogP contribution in [0.5, 0.6) is 0 Å². The smallest absolute Gasteiger partial charge is 0.307 e. The molecule has 1 aliphatic heterocycles. The third-order valence-corrected chi connectivity index (χ3v) is 9.07. The molecule has 2 heterocycles. The summed E-state index contributed by atoms with van der Waals surface area (Å²) in [6.45, 7) is 8.58. The minimum absolute atomic E-state index is 0.0774. The first-order chi connectivity index (χ1) is 22.4. The van der Waals surface area contributed by atoms with Crippen LogP contribution in [-0.2, 0) is 19.1 Å². The predicted octanol–water partition coefficient (Wildman–Crippen LogP) is 1.41. The van der Waals surface area contributed by atoms with Gasteiger partial charge in [-0.1, -0.05) is 25.4 Å². The molecule has 3 unspecified atom stereocenters. The van der Waals surface area contributed by atoms with E-state index in [-0.39, 0.29) is 53.9 Å². The van der Waals surface area contributed by atoms with Gasteiger partial charge in [0.1, 0.15) is 16.8 Å². The van der Waals surface area contributed by atoms with E-state index in [0.717, 1.165) is 45.1 Å². The molecule has 1 aromatic rings. The maximum Gasteiger partial charge on any atom is 0.307 e. The highest BCUT2D eigenvalue weighted by atomic mass is 35.5. The number of rotatable bonds is 17. The van der Waals surface area contributed by atoms with E-state index in [1.807, 2.05) is 16.8 Å². The topological polar surface area (TPSA) is 188 Å². The largest absolute Gasteiger partial charge is 0.469 e. The van der Waals surface area contributed by atoms with Crippen molar-refractivity contribution in [3.63, 3.8) is 0 Å². The van der Waals surface area contributed by atoms with Crippen molar-refractivity contribution in [2.24, 2.45) is 5.73 Å². The molecule has 3 atom stereocenters. The lowest BCUT2D eigenvalue weighted by molar-refractivity contribution is -0.140. The molecule has 1 saturated heterocycles. The number of amides is 3. The van der Waals surface area contributed by atoms with Gasteiger partial charge in [-0.05, 0) is 71.2 Å². The van der Waals surface area contributed by atoms with Crippen LogP contribution in [0.2, 0.25) is 5.15 Å². The van der Waals surface area contributed by atoms with Crippen molar-refractivity contribution in [2.45, 2.75) is 90.0 Å². The van der Waals surface area contributed by atoms with Crippen LogP contribution >= 0.6 is 11.6 Å². The number of aromatic nitrogens is 1. The Kier molecular flexibility index (Phi) is 14.5. The zero-order valence-electron chi connectivity index (χ0n) is 28.3. The zero-order valence-corrected chi connectivity index (χ0v) is 29.1. The summed E-state index contributed by atoms with van der Waals surface area (Å²) < 4.78 is 4.74. The fraction of sp³-hybridized carbons (Fsp3) is 0.656. The maximum absolute atomic E-state index is 13.3. The minimum Gasteiger partial charge on any atom is -0.469 e. The molecule has 0 aromatic carbocycles. The van der Waals surface area contributed by atoms with E-state index in [9.17, 15) is 19.2 Å². The van der Waals surface area contributed by atoms with Crippen molar-refractivity contribution in [3.8, 4) is 0 Å². The number of anilines is 1. The molecule has 1 aliphatic carbocycles. The summed E-state index contributed by atoms with van der Waals surface area (Å²) in [7, 11) is 3.14. The molecule has 0 radical (unpaired) electrons. The third-order valence-electron chi connectivity index (χ3n) is 8.86. The molecule has 2 fully saturated rings. The fourth-order valence-electron chi connectivity index (χ4n) is 5.99. The maximum atomic E-state index is 13.3. The van der Waals surface area contributed by atoms with E-state index in [4.69, 9.17) is 27.8 Å². The average molecular weight is 678 g/mol. The Balaban J connectivity index is 1.71. The summed E-state index contributed by atoms with van der Waals surface area (Å²) in [6, 6.07) is 3.64. The number of pyridine rings is 1. The molecular weight excluding hydrogens is 626 g/mol. The predicted molar refractivity (Wildman–Crippen MR) is 181 cm³/mol. The number of nitrogens with one attached hydrogen (secondary N) is 3. The Labute approximate surface area is 282 Å². The summed E-state index contributed by atoms with van der Waals surface area (Å²) in [5.41, 5.74) is 12.6. The van der Waals surface area contributed by atoms with Crippen LogP contribution in [-0.4, -0.2) is 115 Å². The third kappa shape index (κ3) is 11.0. The molecule has 15 heteroatoms.